The van der Waals surface area contributed by atoms with Crippen LogP contribution in [0.5, 0.6) is 0 Å². The van der Waals surface area contributed by atoms with Crippen LogP contribution in [0.1, 0.15) is 47.0 Å². The Morgan fingerprint density at radius 3 is 2.64 bits per heavy atom. The van der Waals surface area contributed by atoms with Crippen LogP contribution in [-0.4, -0.2) is 36.1 Å². The number of nitrogens with zero attached hydrogens (tertiary/aromatic N) is 1. The zero-order valence-corrected chi connectivity index (χ0v) is 10.3. The average molecular weight is 198 g/mol. The van der Waals surface area contributed by atoms with Gasteiger partial charge in [0.05, 0.1) is 0 Å². The summed E-state index contributed by atoms with van der Waals surface area (Å²) in [6.45, 7) is 12.8. The first kappa shape index (κ1) is 12.0. The molecule has 0 bridgehead atoms. The summed E-state index contributed by atoms with van der Waals surface area (Å²) in [7, 11) is 0. The third-order valence-electron chi connectivity index (χ3n) is 3.58. The molecule has 0 amide bonds. The Bertz CT molecular complexity index is 166. The lowest BCUT2D eigenvalue weighted by molar-refractivity contribution is 0.251. The molecule has 2 nitrogen and oxygen atoms in total. The van der Waals surface area contributed by atoms with Crippen LogP contribution >= 0.6 is 0 Å². The highest BCUT2D eigenvalue weighted by Crippen LogP contribution is 2.15. The molecular weight excluding hydrogens is 172 g/mol. The fourth-order valence-electron chi connectivity index (χ4n) is 1.99. The second-order valence-corrected chi connectivity index (χ2v) is 5.19. The van der Waals surface area contributed by atoms with Crippen molar-refractivity contribution in [2.75, 3.05) is 19.6 Å². The smallest absolute Gasteiger partial charge is 0.0123 e. The molecular formula is C12H26N2. The Hall–Kier alpha value is -0.0800. The van der Waals surface area contributed by atoms with Gasteiger partial charge in [-0.25, -0.2) is 0 Å². The molecule has 0 radical (unpaired) electrons. The number of hydrogen-bond acceptors (Lipinski definition) is 2. The molecule has 84 valence electrons. The second kappa shape index (κ2) is 5.13. The van der Waals surface area contributed by atoms with Crippen molar-refractivity contribution in [1.29, 1.82) is 0 Å². The fraction of sp³-hybridized carbons (Fsp3) is 1.00. The first-order chi connectivity index (χ1) is 6.55. The molecule has 1 N–H and O–H groups in total. The second-order valence-electron chi connectivity index (χ2n) is 5.19. The maximum Gasteiger partial charge on any atom is 0.0123 e. The predicted molar refractivity (Wildman–Crippen MR) is 62.6 cm³/mol. The van der Waals surface area contributed by atoms with Gasteiger partial charge in [0, 0.05) is 24.7 Å². The molecule has 1 atom stereocenters. The van der Waals surface area contributed by atoms with E-state index in [2.05, 4.69) is 37.9 Å². The van der Waals surface area contributed by atoms with E-state index in [1.807, 2.05) is 0 Å². The quantitative estimate of drug-likeness (QED) is 0.729. The van der Waals surface area contributed by atoms with Crippen molar-refractivity contribution in [3.63, 3.8) is 0 Å². The van der Waals surface area contributed by atoms with Crippen molar-refractivity contribution in [2.24, 2.45) is 0 Å². The van der Waals surface area contributed by atoms with E-state index in [4.69, 9.17) is 0 Å². The van der Waals surface area contributed by atoms with Gasteiger partial charge in [0.2, 0.25) is 0 Å². The molecule has 2 heteroatoms. The van der Waals surface area contributed by atoms with Crippen LogP contribution in [0.3, 0.4) is 0 Å². The number of hydrogen-bond donors (Lipinski definition) is 1. The van der Waals surface area contributed by atoms with E-state index in [1.54, 1.807) is 0 Å². The largest absolute Gasteiger partial charge is 0.311 e. The zero-order valence-electron chi connectivity index (χ0n) is 10.3. The Balaban J connectivity index is 2.15. The summed E-state index contributed by atoms with van der Waals surface area (Å²) >= 11 is 0. The molecule has 0 aliphatic carbocycles. The van der Waals surface area contributed by atoms with E-state index in [-0.39, 0.29) is 0 Å². The summed E-state index contributed by atoms with van der Waals surface area (Å²) in [5.74, 6) is 0. The Labute approximate surface area is 89.1 Å². The molecule has 1 heterocycles. The predicted octanol–water partition coefficient (Wildman–Crippen LogP) is 2.25. The van der Waals surface area contributed by atoms with Crippen molar-refractivity contribution in [3.05, 3.63) is 0 Å². The fourth-order valence-corrected chi connectivity index (χ4v) is 1.99. The van der Waals surface area contributed by atoms with Crippen molar-refractivity contribution in [2.45, 2.75) is 58.5 Å². The maximum atomic E-state index is 3.61. The van der Waals surface area contributed by atoms with Crippen LogP contribution in [0.2, 0.25) is 0 Å². The van der Waals surface area contributed by atoms with E-state index >= 15 is 0 Å². The molecule has 1 fully saturated rings. The Morgan fingerprint density at radius 2 is 2.14 bits per heavy atom. The third-order valence-corrected chi connectivity index (χ3v) is 3.58. The minimum absolute atomic E-state index is 0.308. The Kier molecular flexibility index (Phi) is 4.39. The average Bonchev–Trinajstić information content (AvgIpc) is 2.52. The maximum absolute atomic E-state index is 3.61. The monoisotopic (exact) mass is 198 g/mol. The normalized spacial score (nSPS) is 24.4. The van der Waals surface area contributed by atoms with Crippen LogP contribution < -0.4 is 5.32 Å². The topological polar surface area (TPSA) is 15.3 Å². The SMILES string of the molecule is CCC(C)(C)NCCN1CCCC1C. The van der Waals surface area contributed by atoms with E-state index in [9.17, 15) is 0 Å². The van der Waals surface area contributed by atoms with E-state index in [0.717, 1.165) is 12.6 Å². The number of likely N-dealkylation sites (tertiary alicyclic amines) is 1. The molecule has 1 aliphatic rings. The van der Waals surface area contributed by atoms with Gasteiger partial charge in [0.1, 0.15) is 0 Å². The summed E-state index contributed by atoms with van der Waals surface area (Å²) < 4.78 is 0. The minimum Gasteiger partial charge on any atom is -0.311 e. The molecule has 0 spiro atoms. The molecule has 0 aromatic rings. The molecule has 0 saturated carbocycles. The van der Waals surface area contributed by atoms with Gasteiger partial charge in [0.15, 0.2) is 0 Å². The van der Waals surface area contributed by atoms with Gasteiger partial charge < -0.3 is 5.32 Å². The van der Waals surface area contributed by atoms with Gasteiger partial charge in [-0.1, -0.05) is 6.92 Å². The number of nitrogens with one attached hydrogen (secondary N) is 1. The summed E-state index contributed by atoms with van der Waals surface area (Å²) in [4.78, 5) is 2.60. The summed E-state index contributed by atoms with van der Waals surface area (Å²) in [5.41, 5.74) is 0.308. The number of rotatable bonds is 5. The van der Waals surface area contributed by atoms with E-state index < -0.39 is 0 Å². The lowest BCUT2D eigenvalue weighted by Gasteiger charge is -2.27. The minimum atomic E-state index is 0.308. The lowest BCUT2D eigenvalue weighted by atomic mass is 10.0. The molecule has 1 aliphatic heterocycles. The molecule has 0 aromatic carbocycles. The van der Waals surface area contributed by atoms with Gasteiger partial charge in [0.25, 0.3) is 0 Å². The first-order valence-electron chi connectivity index (χ1n) is 6.04. The molecule has 1 saturated heterocycles. The highest BCUT2D eigenvalue weighted by molar-refractivity contribution is 4.79. The van der Waals surface area contributed by atoms with Crippen LogP contribution in [0.15, 0.2) is 0 Å². The van der Waals surface area contributed by atoms with Gasteiger partial charge >= 0.3 is 0 Å². The van der Waals surface area contributed by atoms with Gasteiger partial charge in [-0.15, -0.1) is 0 Å². The molecule has 14 heavy (non-hydrogen) atoms. The highest BCUT2D eigenvalue weighted by atomic mass is 15.2. The van der Waals surface area contributed by atoms with Crippen molar-refractivity contribution in [3.8, 4) is 0 Å². The van der Waals surface area contributed by atoms with Crippen LogP contribution in [0.25, 0.3) is 0 Å². The lowest BCUT2D eigenvalue weighted by Crippen LogP contribution is -2.43. The van der Waals surface area contributed by atoms with Crippen LogP contribution in [-0.2, 0) is 0 Å². The summed E-state index contributed by atoms with van der Waals surface area (Å²) in [6.07, 6.45) is 3.97. The van der Waals surface area contributed by atoms with Gasteiger partial charge in [-0.05, 0) is 46.6 Å². The first-order valence-corrected chi connectivity index (χ1v) is 6.04. The molecule has 1 rings (SSSR count). The van der Waals surface area contributed by atoms with Gasteiger partial charge in [-0.2, -0.15) is 0 Å². The van der Waals surface area contributed by atoms with E-state index in [0.29, 0.717) is 5.54 Å². The van der Waals surface area contributed by atoms with Crippen LogP contribution in [0.4, 0.5) is 0 Å². The zero-order chi connectivity index (χ0) is 10.6. The van der Waals surface area contributed by atoms with Crippen molar-refractivity contribution in [1.82, 2.24) is 10.2 Å². The molecule has 1 unspecified atom stereocenters. The summed E-state index contributed by atoms with van der Waals surface area (Å²) in [6, 6.07) is 0.807. The van der Waals surface area contributed by atoms with Crippen molar-refractivity contribution < 1.29 is 0 Å². The highest BCUT2D eigenvalue weighted by Gasteiger charge is 2.20. The third kappa shape index (κ3) is 3.58. The van der Waals surface area contributed by atoms with E-state index in [1.165, 1.54) is 32.4 Å². The molecule has 0 aromatic heterocycles. The van der Waals surface area contributed by atoms with Crippen LogP contribution in [0, 0.1) is 0 Å². The standard InChI is InChI=1S/C12H26N2/c1-5-12(3,4)13-8-10-14-9-6-7-11(14)2/h11,13H,5-10H2,1-4H3. The summed E-state index contributed by atoms with van der Waals surface area (Å²) in [5, 5.41) is 3.61. The van der Waals surface area contributed by atoms with Gasteiger partial charge in [-0.3, -0.25) is 4.90 Å². The Morgan fingerprint density at radius 1 is 1.43 bits per heavy atom. The van der Waals surface area contributed by atoms with Crippen molar-refractivity contribution >= 4 is 0 Å².